The van der Waals surface area contributed by atoms with Crippen molar-refractivity contribution in [2.75, 3.05) is 45.5 Å². The van der Waals surface area contributed by atoms with E-state index >= 15 is 0 Å². The molecule has 186 valence electrons. The molecule has 0 aliphatic carbocycles. The Morgan fingerprint density at radius 2 is 1.54 bits per heavy atom. The quantitative estimate of drug-likeness (QED) is 0.458. The van der Waals surface area contributed by atoms with Crippen LogP contribution in [0.4, 0.5) is 0 Å². The van der Waals surface area contributed by atoms with Crippen molar-refractivity contribution < 1.29 is 18.0 Å². The first-order valence-corrected chi connectivity index (χ1v) is 13.7. The smallest absolute Gasteiger partial charge is 0.253 e. The molecule has 2 fully saturated rings. The maximum absolute atomic E-state index is 13.0. The van der Waals surface area contributed by atoms with E-state index < -0.39 is 10.0 Å². The lowest BCUT2D eigenvalue weighted by Gasteiger charge is -2.44. The highest BCUT2D eigenvalue weighted by atomic mass is 32.2. The second-order valence-electron chi connectivity index (χ2n) is 8.89. The van der Waals surface area contributed by atoms with Gasteiger partial charge in [-0.3, -0.25) is 14.6 Å². The van der Waals surface area contributed by atoms with Gasteiger partial charge in [0.05, 0.1) is 11.9 Å². The van der Waals surface area contributed by atoms with E-state index in [1.165, 1.54) is 12.3 Å². The van der Waals surface area contributed by atoms with Crippen LogP contribution in [0.5, 0.6) is 0 Å². The molecule has 0 spiro atoms. The van der Waals surface area contributed by atoms with Gasteiger partial charge in [-0.1, -0.05) is 18.2 Å². The van der Waals surface area contributed by atoms with Crippen molar-refractivity contribution in [3.63, 3.8) is 0 Å². The fraction of sp³-hybridized carbons (Fsp3) is 0.400. The standard InChI is InChI=1S/C25H31N5O4S/c1-35(33,34)27-23-11-14-29(15-12-23)30-18-16-28(17-19-30)25(32)21-7-5-20(6-8-21)24(31)10-9-22-4-2-3-13-26-22/h2-10,13,23,27H,11-12,14-19H2,1H3/b10-9+. The van der Waals surface area contributed by atoms with Crippen molar-refractivity contribution >= 4 is 27.8 Å². The van der Waals surface area contributed by atoms with Gasteiger partial charge in [-0.2, -0.15) is 0 Å². The number of ketones is 1. The molecule has 2 saturated heterocycles. The van der Waals surface area contributed by atoms with E-state index in [-0.39, 0.29) is 17.7 Å². The number of benzene rings is 1. The number of hydrogen-bond donors (Lipinski definition) is 1. The number of aromatic nitrogens is 1. The summed E-state index contributed by atoms with van der Waals surface area (Å²) in [4.78, 5) is 31.4. The van der Waals surface area contributed by atoms with E-state index in [4.69, 9.17) is 0 Å². The third-order valence-corrected chi connectivity index (χ3v) is 7.07. The van der Waals surface area contributed by atoms with Crippen LogP contribution in [-0.2, 0) is 10.0 Å². The first kappa shape index (κ1) is 25.2. The lowest BCUT2D eigenvalue weighted by Crippen LogP contribution is -2.57. The molecule has 4 rings (SSSR count). The van der Waals surface area contributed by atoms with Crippen molar-refractivity contribution in [3.8, 4) is 0 Å². The number of pyridine rings is 1. The van der Waals surface area contributed by atoms with Crippen LogP contribution in [0.3, 0.4) is 0 Å². The average molecular weight is 498 g/mol. The average Bonchev–Trinajstić information content (AvgIpc) is 2.87. The third kappa shape index (κ3) is 7.04. The summed E-state index contributed by atoms with van der Waals surface area (Å²) in [5.74, 6) is -0.178. The van der Waals surface area contributed by atoms with Crippen LogP contribution >= 0.6 is 0 Å². The Hall–Kier alpha value is -2.92. The Labute approximate surface area is 206 Å². The molecule has 2 aliphatic rings. The molecule has 9 nitrogen and oxygen atoms in total. The molecule has 10 heteroatoms. The number of nitrogens with one attached hydrogen (secondary N) is 1. The minimum absolute atomic E-state index is 0.00975. The zero-order valence-corrected chi connectivity index (χ0v) is 20.7. The molecule has 1 N–H and O–H groups in total. The highest BCUT2D eigenvalue weighted by Crippen LogP contribution is 2.17. The lowest BCUT2D eigenvalue weighted by atomic mass is 10.1. The predicted molar refractivity (Wildman–Crippen MR) is 134 cm³/mol. The fourth-order valence-corrected chi connectivity index (χ4v) is 5.28. The molecule has 0 bridgehead atoms. The lowest BCUT2D eigenvalue weighted by molar-refractivity contribution is -0.0666. The van der Waals surface area contributed by atoms with Crippen molar-refractivity contribution in [2.24, 2.45) is 0 Å². The normalized spacial score (nSPS) is 18.7. The first-order chi connectivity index (χ1) is 16.8. The van der Waals surface area contributed by atoms with E-state index in [1.54, 1.807) is 36.5 Å². The minimum Gasteiger partial charge on any atom is -0.336 e. The maximum atomic E-state index is 13.0. The minimum atomic E-state index is -3.18. The monoisotopic (exact) mass is 497 g/mol. The zero-order chi connectivity index (χ0) is 24.8. The van der Waals surface area contributed by atoms with Gasteiger partial charge in [0.15, 0.2) is 5.78 Å². The van der Waals surface area contributed by atoms with Gasteiger partial charge in [-0.25, -0.2) is 23.2 Å². The Morgan fingerprint density at radius 3 is 2.14 bits per heavy atom. The number of amides is 1. The summed E-state index contributed by atoms with van der Waals surface area (Å²) < 4.78 is 25.6. The molecule has 1 aromatic carbocycles. The summed E-state index contributed by atoms with van der Waals surface area (Å²) >= 11 is 0. The van der Waals surface area contributed by atoms with Crippen molar-refractivity contribution in [1.82, 2.24) is 24.6 Å². The van der Waals surface area contributed by atoms with Crippen LogP contribution in [0.25, 0.3) is 6.08 Å². The fourth-order valence-electron chi connectivity index (χ4n) is 4.44. The van der Waals surface area contributed by atoms with Crippen molar-refractivity contribution in [1.29, 1.82) is 0 Å². The molecular formula is C25H31N5O4S. The Morgan fingerprint density at radius 1 is 0.914 bits per heavy atom. The topological polar surface area (TPSA) is 103 Å². The first-order valence-electron chi connectivity index (χ1n) is 11.8. The number of piperidine rings is 1. The van der Waals surface area contributed by atoms with Crippen LogP contribution in [0, 0.1) is 0 Å². The molecule has 0 saturated carbocycles. The van der Waals surface area contributed by atoms with Gasteiger partial charge in [0.1, 0.15) is 0 Å². The van der Waals surface area contributed by atoms with Crippen LogP contribution in [0.15, 0.2) is 54.7 Å². The second-order valence-corrected chi connectivity index (χ2v) is 10.7. The van der Waals surface area contributed by atoms with Gasteiger partial charge >= 0.3 is 0 Å². The molecule has 2 aromatic rings. The van der Waals surface area contributed by atoms with Crippen LogP contribution in [0.2, 0.25) is 0 Å². The molecule has 1 amide bonds. The molecule has 0 radical (unpaired) electrons. The van der Waals surface area contributed by atoms with E-state index in [1.807, 2.05) is 23.1 Å². The summed E-state index contributed by atoms with van der Waals surface area (Å²) in [5.41, 5.74) is 1.80. The van der Waals surface area contributed by atoms with Gasteiger partial charge in [0.25, 0.3) is 5.91 Å². The third-order valence-electron chi connectivity index (χ3n) is 6.30. The van der Waals surface area contributed by atoms with Crippen LogP contribution in [-0.4, -0.2) is 91.6 Å². The second kappa shape index (κ2) is 11.2. The molecular weight excluding hydrogens is 466 g/mol. The highest BCUT2D eigenvalue weighted by Gasteiger charge is 2.29. The van der Waals surface area contributed by atoms with Crippen LogP contribution in [0.1, 0.15) is 39.3 Å². The Balaban J connectivity index is 1.26. The predicted octanol–water partition coefficient (Wildman–Crippen LogP) is 1.66. The summed E-state index contributed by atoms with van der Waals surface area (Å²) in [5, 5.41) is 4.53. The van der Waals surface area contributed by atoms with Gasteiger partial charge in [0, 0.05) is 62.6 Å². The largest absolute Gasteiger partial charge is 0.336 e. The van der Waals surface area contributed by atoms with E-state index in [0.717, 1.165) is 39.0 Å². The maximum Gasteiger partial charge on any atom is 0.253 e. The van der Waals surface area contributed by atoms with Gasteiger partial charge < -0.3 is 4.90 Å². The van der Waals surface area contributed by atoms with Crippen LogP contribution < -0.4 is 4.72 Å². The highest BCUT2D eigenvalue weighted by molar-refractivity contribution is 7.88. The van der Waals surface area contributed by atoms with Gasteiger partial charge in [-0.15, -0.1) is 0 Å². The molecule has 1 aromatic heterocycles. The van der Waals surface area contributed by atoms with Crippen molar-refractivity contribution in [3.05, 3.63) is 71.6 Å². The molecule has 0 atom stereocenters. The summed E-state index contributed by atoms with van der Waals surface area (Å²) in [7, 11) is -3.18. The number of rotatable bonds is 7. The summed E-state index contributed by atoms with van der Waals surface area (Å²) in [6.45, 7) is 4.31. The SMILES string of the molecule is CS(=O)(=O)NC1CCN(N2CCN(C(=O)c3ccc(C(=O)/C=C/c4ccccn4)cc3)CC2)CC1. The molecule has 3 heterocycles. The summed E-state index contributed by atoms with van der Waals surface area (Å²) in [6.07, 6.45) is 7.57. The molecule has 0 unspecified atom stereocenters. The molecule has 35 heavy (non-hydrogen) atoms. The van der Waals surface area contributed by atoms with Gasteiger partial charge in [0.2, 0.25) is 10.0 Å². The number of hydrazine groups is 1. The molecule has 2 aliphatic heterocycles. The summed E-state index contributed by atoms with van der Waals surface area (Å²) in [6, 6.07) is 12.3. The Kier molecular flexibility index (Phi) is 8.07. The van der Waals surface area contributed by atoms with E-state index in [9.17, 15) is 18.0 Å². The Bertz CT molecular complexity index is 1150. The van der Waals surface area contributed by atoms with Crippen molar-refractivity contribution in [2.45, 2.75) is 18.9 Å². The van der Waals surface area contributed by atoms with E-state index in [0.29, 0.717) is 29.9 Å². The van der Waals surface area contributed by atoms with E-state index in [2.05, 4.69) is 19.7 Å². The number of allylic oxidation sites excluding steroid dienone is 1. The van der Waals surface area contributed by atoms with Gasteiger partial charge in [-0.05, 0) is 49.3 Å². The number of nitrogens with zero attached hydrogens (tertiary/aromatic N) is 4. The number of hydrogen-bond acceptors (Lipinski definition) is 7. The number of carbonyl (C=O) groups is 2. The zero-order valence-electron chi connectivity index (χ0n) is 19.8. The number of sulfonamides is 1. The number of carbonyl (C=O) groups excluding carboxylic acids is 2. The number of piperazine rings is 1.